The number of nitrogens with zero attached hydrogens (tertiary/aromatic N) is 2. The van der Waals surface area contributed by atoms with Crippen LogP contribution in [0.1, 0.15) is 0 Å². The lowest BCUT2D eigenvalue weighted by Crippen LogP contribution is -1.92. The van der Waals surface area contributed by atoms with Gasteiger partial charge in [-0.25, -0.2) is 4.98 Å². The molecule has 0 amide bonds. The standard InChI is InChI=1S/C20H15N3/c21-16-10-8-15(9-11-16)19-13-17(14-5-2-1-3-6-14)20-18(23-19)7-4-12-22-20/h1-13H,21H2. The predicted octanol–water partition coefficient (Wildman–Crippen LogP) is 4.55. The molecule has 0 radical (unpaired) electrons. The van der Waals surface area contributed by atoms with Gasteiger partial charge in [-0.15, -0.1) is 0 Å². The van der Waals surface area contributed by atoms with Crippen LogP contribution in [-0.2, 0) is 0 Å². The summed E-state index contributed by atoms with van der Waals surface area (Å²) in [5.74, 6) is 0. The van der Waals surface area contributed by atoms with Gasteiger partial charge in [0.1, 0.15) is 0 Å². The summed E-state index contributed by atoms with van der Waals surface area (Å²) >= 11 is 0. The van der Waals surface area contributed by atoms with Crippen LogP contribution >= 0.6 is 0 Å². The van der Waals surface area contributed by atoms with E-state index in [4.69, 9.17) is 10.7 Å². The number of fused-ring (bicyclic) bond motifs is 1. The van der Waals surface area contributed by atoms with E-state index in [9.17, 15) is 0 Å². The highest BCUT2D eigenvalue weighted by Gasteiger charge is 2.10. The van der Waals surface area contributed by atoms with Gasteiger partial charge in [-0.3, -0.25) is 4.98 Å². The van der Waals surface area contributed by atoms with Crippen LogP contribution < -0.4 is 5.73 Å². The highest BCUT2D eigenvalue weighted by atomic mass is 14.8. The van der Waals surface area contributed by atoms with Crippen molar-refractivity contribution in [2.45, 2.75) is 0 Å². The Morgan fingerprint density at radius 1 is 0.739 bits per heavy atom. The van der Waals surface area contributed by atoms with Gasteiger partial charge in [0.05, 0.1) is 16.7 Å². The molecule has 0 aliphatic carbocycles. The molecule has 0 unspecified atom stereocenters. The van der Waals surface area contributed by atoms with Crippen molar-refractivity contribution >= 4 is 16.7 Å². The Labute approximate surface area is 134 Å². The second-order valence-electron chi connectivity index (χ2n) is 5.41. The Kier molecular flexibility index (Phi) is 3.24. The summed E-state index contributed by atoms with van der Waals surface area (Å²) < 4.78 is 0. The summed E-state index contributed by atoms with van der Waals surface area (Å²) in [6.45, 7) is 0. The Bertz CT molecular complexity index is 961. The van der Waals surface area contributed by atoms with Gasteiger partial charge in [0.2, 0.25) is 0 Å². The van der Waals surface area contributed by atoms with Crippen molar-refractivity contribution in [2.75, 3.05) is 5.73 Å². The maximum atomic E-state index is 5.79. The van der Waals surface area contributed by atoms with Gasteiger partial charge in [-0.05, 0) is 35.9 Å². The van der Waals surface area contributed by atoms with E-state index in [0.29, 0.717) is 0 Å². The number of aromatic nitrogens is 2. The van der Waals surface area contributed by atoms with E-state index < -0.39 is 0 Å². The average molecular weight is 297 g/mol. The van der Waals surface area contributed by atoms with Gasteiger partial charge in [0, 0.05) is 23.0 Å². The number of hydrogen-bond donors (Lipinski definition) is 1. The molecule has 2 N–H and O–H groups in total. The highest BCUT2D eigenvalue weighted by molar-refractivity contribution is 5.93. The molecule has 0 bridgehead atoms. The van der Waals surface area contributed by atoms with Gasteiger partial charge >= 0.3 is 0 Å². The van der Waals surface area contributed by atoms with Crippen molar-refractivity contribution in [1.29, 1.82) is 0 Å². The van der Waals surface area contributed by atoms with Gasteiger partial charge in [-0.2, -0.15) is 0 Å². The van der Waals surface area contributed by atoms with Crippen molar-refractivity contribution in [2.24, 2.45) is 0 Å². The summed E-state index contributed by atoms with van der Waals surface area (Å²) in [6.07, 6.45) is 1.80. The van der Waals surface area contributed by atoms with Crippen molar-refractivity contribution in [3.63, 3.8) is 0 Å². The van der Waals surface area contributed by atoms with E-state index in [1.54, 1.807) is 6.20 Å². The van der Waals surface area contributed by atoms with Gasteiger partial charge in [0.15, 0.2) is 0 Å². The molecule has 110 valence electrons. The first-order valence-electron chi connectivity index (χ1n) is 7.48. The fourth-order valence-electron chi connectivity index (χ4n) is 2.70. The molecular formula is C20H15N3. The molecule has 2 aromatic carbocycles. The number of benzene rings is 2. The fraction of sp³-hybridized carbons (Fsp3) is 0. The molecule has 0 aliphatic heterocycles. The highest BCUT2D eigenvalue weighted by Crippen LogP contribution is 2.30. The second-order valence-corrected chi connectivity index (χ2v) is 5.41. The maximum absolute atomic E-state index is 5.79. The molecule has 2 aromatic heterocycles. The monoisotopic (exact) mass is 297 g/mol. The molecule has 3 heteroatoms. The molecule has 0 spiro atoms. The molecule has 0 fully saturated rings. The number of hydrogen-bond acceptors (Lipinski definition) is 3. The molecule has 3 nitrogen and oxygen atoms in total. The molecule has 0 atom stereocenters. The zero-order valence-electron chi connectivity index (χ0n) is 12.5. The van der Waals surface area contributed by atoms with Gasteiger partial charge < -0.3 is 5.73 Å². The number of nitrogens with two attached hydrogens (primary N) is 1. The Morgan fingerprint density at radius 3 is 2.30 bits per heavy atom. The van der Waals surface area contributed by atoms with Crippen molar-refractivity contribution in [3.8, 4) is 22.4 Å². The zero-order valence-corrected chi connectivity index (χ0v) is 12.5. The maximum Gasteiger partial charge on any atom is 0.0965 e. The Morgan fingerprint density at radius 2 is 1.52 bits per heavy atom. The van der Waals surface area contributed by atoms with Crippen molar-refractivity contribution in [3.05, 3.63) is 79.0 Å². The molecule has 0 saturated carbocycles. The molecule has 4 aromatic rings. The summed E-state index contributed by atoms with van der Waals surface area (Å²) in [7, 11) is 0. The third kappa shape index (κ3) is 2.53. The number of rotatable bonds is 2. The molecule has 2 heterocycles. The van der Waals surface area contributed by atoms with Crippen molar-refractivity contribution < 1.29 is 0 Å². The lowest BCUT2D eigenvalue weighted by Gasteiger charge is -2.09. The van der Waals surface area contributed by atoms with E-state index in [0.717, 1.165) is 39.1 Å². The second kappa shape index (κ2) is 5.54. The normalized spacial score (nSPS) is 10.8. The van der Waals surface area contributed by atoms with Crippen LogP contribution in [0.2, 0.25) is 0 Å². The van der Waals surface area contributed by atoms with Gasteiger partial charge in [0.25, 0.3) is 0 Å². The van der Waals surface area contributed by atoms with E-state index in [2.05, 4.69) is 23.2 Å². The topological polar surface area (TPSA) is 51.8 Å². The Balaban J connectivity index is 1.99. The van der Waals surface area contributed by atoms with E-state index in [1.807, 2.05) is 54.6 Å². The minimum absolute atomic E-state index is 0.750. The number of anilines is 1. The third-order valence-corrected chi connectivity index (χ3v) is 3.85. The summed E-state index contributed by atoms with van der Waals surface area (Å²) in [5.41, 5.74) is 12.5. The minimum atomic E-state index is 0.750. The minimum Gasteiger partial charge on any atom is -0.399 e. The van der Waals surface area contributed by atoms with Crippen LogP contribution in [0.15, 0.2) is 79.0 Å². The Hall–Kier alpha value is -3.20. The molecule has 0 aliphatic rings. The van der Waals surface area contributed by atoms with Crippen LogP contribution in [0.5, 0.6) is 0 Å². The first-order chi connectivity index (χ1) is 11.3. The first kappa shape index (κ1) is 13.5. The van der Waals surface area contributed by atoms with Gasteiger partial charge in [-0.1, -0.05) is 42.5 Å². The smallest absolute Gasteiger partial charge is 0.0965 e. The zero-order chi connectivity index (χ0) is 15.6. The van der Waals surface area contributed by atoms with Crippen LogP contribution in [0.4, 0.5) is 5.69 Å². The summed E-state index contributed by atoms with van der Waals surface area (Å²) in [6, 6.07) is 24.1. The number of nitrogen functional groups attached to an aromatic ring is 1. The lowest BCUT2D eigenvalue weighted by molar-refractivity contribution is 1.33. The average Bonchev–Trinajstić information content (AvgIpc) is 2.62. The third-order valence-electron chi connectivity index (χ3n) is 3.85. The molecule has 23 heavy (non-hydrogen) atoms. The number of pyridine rings is 2. The first-order valence-corrected chi connectivity index (χ1v) is 7.48. The quantitative estimate of drug-likeness (QED) is 0.552. The lowest BCUT2D eigenvalue weighted by atomic mass is 10.0. The van der Waals surface area contributed by atoms with Crippen molar-refractivity contribution in [1.82, 2.24) is 9.97 Å². The van der Waals surface area contributed by atoms with Crippen LogP contribution in [0.3, 0.4) is 0 Å². The molecular weight excluding hydrogens is 282 g/mol. The van der Waals surface area contributed by atoms with E-state index >= 15 is 0 Å². The van der Waals surface area contributed by atoms with Crippen LogP contribution in [0, 0.1) is 0 Å². The molecule has 4 rings (SSSR count). The fourth-order valence-corrected chi connectivity index (χ4v) is 2.70. The summed E-state index contributed by atoms with van der Waals surface area (Å²) in [4.78, 5) is 9.28. The van der Waals surface area contributed by atoms with E-state index in [-0.39, 0.29) is 0 Å². The summed E-state index contributed by atoms with van der Waals surface area (Å²) in [5, 5.41) is 0. The van der Waals surface area contributed by atoms with Crippen LogP contribution in [-0.4, -0.2) is 9.97 Å². The SMILES string of the molecule is Nc1ccc(-c2cc(-c3ccccc3)c3ncccc3n2)cc1. The van der Waals surface area contributed by atoms with Crippen LogP contribution in [0.25, 0.3) is 33.4 Å². The molecule has 0 saturated heterocycles. The van der Waals surface area contributed by atoms with E-state index in [1.165, 1.54) is 0 Å². The predicted molar refractivity (Wildman–Crippen MR) is 94.8 cm³/mol. The largest absolute Gasteiger partial charge is 0.399 e.